The van der Waals surface area contributed by atoms with Crippen molar-refractivity contribution in [3.8, 4) is 0 Å². The second-order valence-electron chi connectivity index (χ2n) is 16.7. The third kappa shape index (κ3) is 11.6. The topological polar surface area (TPSA) is 0 Å². The van der Waals surface area contributed by atoms with Crippen molar-refractivity contribution in [2.45, 2.75) is 185 Å². The molecule has 48 heavy (non-hydrogen) atoms. The molecule has 0 spiro atoms. The number of hydrogen-bond donors (Lipinski definition) is 0. The molecule has 0 aliphatic carbocycles. The highest BCUT2D eigenvalue weighted by molar-refractivity contribution is 5.43. The lowest BCUT2D eigenvalue weighted by atomic mass is 9.85. The Kier molecular flexibility index (Phi) is 17.3. The van der Waals surface area contributed by atoms with Crippen LogP contribution in [-0.4, -0.2) is 0 Å². The summed E-state index contributed by atoms with van der Waals surface area (Å²) in [7, 11) is 0. The van der Waals surface area contributed by atoms with Crippen LogP contribution in [0, 0.1) is 18.6 Å². The van der Waals surface area contributed by atoms with E-state index in [2.05, 4.69) is 142 Å². The SMILES string of the molecule is CC(C)c1cc(F)c(C(C)C)c(C(C)C)c1.CC(C)c1ccc(C(C)C)c(C(C)C)c1F.Cc1cc(C(C)C)c(C(C)C)cc1C(C)C. The summed E-state index contributed by atoms with van der Waals surface area (Å²) in [5, 5.41) is 0. The highest BCUT2D eigenvalue weighted by Gasteiger charge is 2.20. The fourth-order valence-electron chi connectivity index (χ4n) is 6.63. The van der Waals surface area contributed by atoms with E-state index < -0.39 is 0 Å². The molecule has 0 radical (unpaired) electrons. The van der Waals surface area contributed by atoms with Gasteiger partial charge in [0.25, 0.3) is 0 Å². The molecule has 0 amide bonds. The van der Waals surface area contributed by atoms with Crippen LogP contribution < -0.4 is 0 Å². The minimum Gasteiger partial charge on any atom is -0.207 e. The molecule has 0 aliphatic heterocycles. The highest BCUT2D eigenvalue weighted by atomic mass is 19.1. The van der Waals surface area contributed by atoms with Gasteiger partial charge in [0.1, 0.15) is 11.6 Å². The van der Waals surface area contributed by atoms with Crippen LogP contribution in [0.5, 0.6) is 0 Å². The zero-order valence-electron chi connectivity index (χ0n) is 34.4. The standard InChI is InChI=1S/C16H26.2C15H23F/c1-10(2)14-9-16(12(5)6)15(11(3)4)8-13(14)7;1-9(2)12-7-13(10(3)4)15(11(5)6)14(16)8-12;1-9(2)12-7-8-13(10(3)4)15(16)14(12)11(5)6/h8-12H,1-7H3;2*7-11H,1-6H3. The average molecular weight is 663 g/mol. The lowest BCUT2D eigenvalue weighted by molar-refractivity contribution is 0.565. The van der Waals surface area contributed by atoms with Gasteiger partial charge in [-0.3, -0.25) is 0 Å². The lowest BCUT2D eigenvalue weighted by Crippen LogP contribution is -2.06. The molecular formula is C46H72F2. The molecule has 0 heterocycles. The first-order valence-electron chi connectivity index (χ1n) is 18.8. The molecule has 0 fully saturated rings. The van der Waals surface area contributed by atoms with Crippen molar-refractivity contribution in [3.05, 3.63) is 104 Å². The van der Waals surface area contributed by atoms with E-state index in [0.717, 1.165) is 27.8 Å². The van der Waals surface area contributed by atoms with E-state index in [1.54, 1.807) is 6.07 Å². The maximum atomic E-state index is 14.4. The van der Waals surface area contributed by atoms with Crippen LogP contribution in [0.3, 0.4) is 0 Å². The molecule has 0 unspecified atom stereocenters. The van der Waals surface area contributed by atoms with Crippen molar-refractivity contribution in [1.82, 2.24) is 0 Å². The molecule has 0 saturated carbocycles. The van der Waals surface area contributed by atoms with Gasteiger partial charge in [0.15, 0.2) is 0 Å². The molecule has 2 heteroatoms. The summed E-state index contributed by atoms with van der Waals surface area (Å²) in [6.07, 6.45) is 0. The molecule has 0 bridgehead atoms. The summed E-state index contributed by atoms with van der Waals surface area (Å²) < 4.78 is 28.5. The Bertz CT molecular complexity index is 1420. The Morgan fingerprint density at radius 2 is 0.750 bits per heavy atom. The lowest BCUT2D eigenvalue weighted by Gasteiger charge is -2.21. The van der Waals surface area contributed by atoms with Gasteiger partial charge in [-0.25, -0.2) is 8.78 Å². The third-order valence-electron chi connectivity index (χ3n) is 9.45. The summed E-state index contributed by atoms with van der Waals surface area (Å²) in [5.41, 5.74) is 12.1. The van der Waals surface area contributed by atoms with Gasteiger partial charge in [-0.05, 0) is 122 Å². The Morgan fingerprint density at radius 1 is 0.354 bits per heavy atom. The highest BCUT2D eigenvalue weighted by Crippen LogP contribution is 2.34. The van der Waals surface area contributed by atoms with Crippen molar-refractivity contribution >= 4 is 0 Å². The van der Waals surface area contributed by atoms with Gasteiger partial charge >= 0.3 is 0 Å². The first-order chi connectivity index (χ1) is 22.0. The fraction of sp³-hybridized carbons (Fsp3) is 0.609. The van der Waals surface area contributed by atoms with Crippen molar-refractivity contribution < 1.29 is 8.78 Å². The molecule has 0 aliphatic rings. The number of benzene rings is 3. The summed E-state index contributed by atoms with van der Waals surface area (Å²) in [5.74, 6) is 3.73. The maximum absolute atomic E-state index is 14.4. The summed E-state index contributed by atoms with van der Waals surface area (Å²) in [6, 6.07) is 12.7. The van der Waals surface area contributed by atoms with E-state index in [0.29, 0.717) is 35.5 Å². The van der Waals surface area contributed by atoms with Gasteiger partial charge in [-0.1, -0.05) is 155 Å². The van der Waals surface area contributed by atoms with E-state index in [4.69, 9.17) is 0 Å². The van der Waals surface area contributed by atoms with Gasteiger partial charge in [0, 0.05) is 0 Å². The first kappa shape index (κ1) is 43.5. The van der Waals surface area contributed by atoms with Crippen molar-refractivity contribution in [2.24, 2.45) is 0 Å². The first-order valence-corrected chi connectivity index (χ1v) is 18.8. The summed E-state index contributed by atoms with van der Waals surface area (Å²) in [4.78, 5) is 0. The maximum Gasteiger partial charge on any atom is 0.130 e. The van der Waals surface area contributed by atoms with Crippen LogP contribution >= 0.6 is 0 Å². The van der Waals surface area contributed by atoms with Crippen molar-refractivity contribution in [3.63, 3.8) is 0 Å². The van der Waals surface area contributed by atoms with E-state index >= 15 is 0 Å². The molecule has 0 saturated heterocycles. The number of hydrogen-bond acceptors (Lipinski definition) is 0. The van der Waals surface area contributed by atoms with Crippen LogP contribution in [0.15, 0.2) is 36.4 Å². The predicted molar refractivity (Wildman–Crippen MR) is 211 cm³/mol. The molecule has 3 aromatic carbocycles. The third-order valence-corrected chi connectivity index (χ3v) is 9.45. The Morgan fingerprint density at radius 3 is 1.12 bits per heavy atom. The van der Waals surface area contributed by atoms with E-state index in [1.165, 1.54) is 27.8 Å². The minimum atomic E-state index is -0.0371. The molecule has 3 rings (SSSR count). The zero-order valence-corrected chi connectivity index (χ0v) is 34.4. The van der Waals surface area contributed by atoms with Crippen molar-refractivity contribution in [2.75, 3.05) is 0 Å². The second-order valence-corrected chi connectivity index (χ2v) is 16.7. The van der Waals surface area contributed by atoms with Crippen LogP contribution in [0.1, 0.15) is 234 Å². The monoisotopic (exact) mass is 663 g/mol. The second kappa shape index (κ2) is 19.1. The molecule has 0 aromatic heterocycles. The Hall–Kier alpha value is -2.48. The van der Waals surface area contributed by atoms with Gasteiger partial charge in [-0.15, -0.1) is 0 Å². The van der Waals surface area contributed by atoms with E-state index in [9.17, 15) is 8.78 Å². The summed E-state index contributed by atoms with van der Waals surface area (Å²) >= 11 is 0. The summed E-state index contributed by atoms with van der Waals surface area (Å²) in [6.45, 7) is 41.0. The van der Waals surface area contributed by atoms with Gasteiger partial charge < -0.3 is 0 Å². The number of rotatable bonds is 9. The largest absolute Gasteiger partial charge is 0.207 e. The van der Waals surface area contributed by atoms with E-state index in [1.807, 2.05) is 19.9 Å². The van der Waals surface area contributed by atoms with Gasteiger partial charge in [0.05, 0.1) is 0 Å². The van der Waals surface area contributed by atoms with Crippen LogP contribution in [0.2, 0.25) is 0 Å². The minimum absolute atomic E-state index is 0.0104. The normalized spacial score (nSPS) is 11.9. The van der Waals surface area contributed by atoms with Crippen LogP contribution in [0.4, 0.5) is 8.78 Å². The smallest absolute Gasteiger partial charge is 0.130 e. The fourth-order valence-corrected chi connectivity index (χ4v) is 6.63. The average Bonchev–Trinajstić information content (AvgIpc) is 2.95. The van der Waals surface area contributed by atoms with Crippen LogP contribution in [0.25, 0.3) is 0 Å². The molecular weight excluding hydrogens is 591 g/mol. The van der Waals surface area contributed by atoms with Gasteiger partial charge in [-0.2, -0.15) is 0 Å². The predicted octanol–water partition coefficient (Wildman–Crippen LogP) is 15.8. The molecule has 0 N–H and O–H groups in total. The Labute approximate surface area is 296 Å². The molecule has 0 nitrogen and oxygen atoms in total. The van der Waals surface area contributed by atoms with E-state index in [-0.39, 0.29) is 29.4 Å². The molecule has 270 valence electrons. The quantitative estimate of drug-likeness (QED) is 0.214. The number of halogens is 2. The van der Waals surface area contributed by atoms with Crippen LogP contribution in [-0.2, 0) is 0 Å². The van der Waals surface area contributed by atoms with Gasteiger partial charge in [0.2, 0.25) is 0 Å². The zero-order chi connectivity index (χ0) is 37.4. The van der Waals surface area contributed by atoms with Crippen molar-refractivity contribution in [1.29, 1.82) is 0 Å². The number of aryl methyl sites for hydroxylation is 1. The molecule has 3 aromatic rings. The molecule has 0 atom stereocenters. The Balaban J connectivity index is 0.000000360.